The number of carbonyl (C=O) groups excluding carboxylic acids is 1. The number of hydroxylamine groups is 2. The first-order valence-electron chi connectivity index (χ1n) is 4.20. The van der Waals surface area contributed by atoms with E-state index in [1.807, 2.05) is 0 Å². The van der Waals surface area contributed by atoms with Crippen molar-refractivity contribution in [3.63, 3.8) is 0 Å². The van der Waals surface area contributed by atoms with Gasteiger partial charge in [0.25, 0.3) is 5.91 Å². The van der Waals surface area contributed by atoms with Gasteiger partial charge in [-0.1, -0.05) is 0 Å². The van der Waals surface area contributed by atoms with Crippen LogP contribution in [-0.4, -0.2) is 30.1 Å². The van der Waals surface area contributed by atoms with Gasteiger partial charge >= 0.3 is 6.18 Å². The van der Waals surface area contributed by atoms with Gasteiger partial charge in [-0.25, -0.2) is 5.06 Å². The summed E-state index contributed by atoms with van der Waals surface area (Å²) in [6.07, 6.45) is -2.81. The van der Waals surface area contributed by atoms with Crippen molar-refractivity contribution in [2.24, 2.45) is 0 Å². The van der Waals surface area contributed by atoms with Crippen molar-refractivity contribution in [1.82, 2.24) is 10.0 Å². The first-order chi connectivity index (χ1) is 7.36. The maximum absolute atomic E-state index is 12.3. The molecular formula is C9H9F3N2O2. The van der Waals surface area contributed by atoms with Gasteiger partial charge in [0, 0.05) is 19.4 Å². The second-order valence-corrected chi connectivity index (χ2v) is 2.95. The van der Waals surface area contributed by atoms with Crippen LogP contribution in [-0.2, 0) is 11.0 Å². The molecule has 0 unspecified atom stereocenters. The molecule has 1 aromatic heterocycles. The summed E-state index contributed by atoms with van der Waals surface area (Å²) < 4.78 is 37.0. The molecule has 16 heavy (non-hydrogen) atoms. The van der Waals surface area contributed by atoms with Crippen molar-refractivity contribution in [2.45, 2.75) is 6.18 Å². The number of pyridine rings is 1. The zero-order chi connectivity index (χ0) is 12.3. The predicted octanol–water partition coefficient (Wildman–Crippen LogP) is 1.73. The minimum atomic E-state index is -4.52. The van der Waals surface area contributed by atoms with E-state index < -0.39 is 17.6 Å². The average molecular weight is 234 g/mol. The molecule has 1 heterocycles. The first-order valence-corrected chi connectivity index (χ1v) is 4.20. The quantitative estimate of drug-likeness (QED) is 0.732. The largest absolute Gasteiger partial charge is 0.417 e. The number of amides is 1. The Morgan fingerprint density at radius 1 is 1.44 bits per heavy atom. The SMILES string of the molecule is CON(C)C(=O)c1cncc(C(F)(F)F)c1. The van der Waals surface area contributed by atoms with Crippen molar-refractivity contribution < 1.29 is 22.8 Å². The highest BCUT2D eigenvalue weighted by molar-refractivity contribution is 5.93. The highest BCUT2D eigenvalue weighted by Gasteiger charge is 2.31. The molecule has 0 radical (unpaired) electrons. The smallest absolute Gasteiger partial charge is 0.274 e. The number of carbonyl (C=O) groups is 1. The molecule has 1 amide bonds. The number of hydrogen-bond acceptors (Lipinski definition) is 3. The van der Waals surface area contributed by atoms with E-state index >= 15 is 0 Å². The fourth-order valence-electron chi connectivity index (χ4n) is 0.977. The van der Waals surface area contributed by atoms with Crippen LogP contribution in [0.25, 0.3) is 0 Å². The summed E-state index contributed by atoms with van der Waals surface area (Å²) in [7, 11) is 2.53. The maximum Gasteiger partial charge on any atom is 0.417 e. The Morgan fingerprint density at radius 2 is 2.06 bits per heavy atom. The van der Waals surface area contributed by atoms with E-state index in [0.717, 1.165) is 17.3 Å². The third-order valence-corrected chi connectivity index (χ3v) is 1.87. The fourth-order valence-corrected chi connectivity index (χ4v) is 0.977. The Bertz CT molecular complexity index is 393. The topological polar surface area (TPSA) is 42.4 Å². The molecule has 1 rings (SSSR count). The van der Waals surface area contributed by atoms with Crippen LogP contribution in [0.5, 0.6) is 0 Å². The molecule has 88 valence electrons. The van der Waals surface area contributed by atoms with Gasteiger partial charge in [-0.3, -0.25) is 14.6 Å². The molecule has 0 aromatic carbocycles. The molecule has 1 aromatic rings. The molecule has 0 saturated carbocycles. The Morgan fingerprint density at radius 3 is 2.56 bits per heavy atom. The normalized spacial score (nSPS) is 11.3. The number of rotatable bonds is 2. The van der Waals surface area contributed by atoms with Crippen LogP contribution in [0.3, 0.4) is 0 Å². The lowest BCUT2D eigenvalue weighted by atomic mass is 10.2. The van der Waals surface area contributed by atoms with E-state index in [2.05, 4.69) is 9.82 Å². The van der Waals surface area contributed by atoms with E-state index in [4.69, 9.17) is 0 Å². The Kier molecular flexibility index (Phi) is 3.48. The number of nitrogens with zero attached hydrogens (tertiary/aromatic N) is 2. The lowest BCUT2D eigenvalue weighted by molar-refractivity contribution is -0.137. The number of aromatic nitrogens is 1. The van der Waals surface area contributed by atoms with Crippen molar-refractivity contribution in [3.05, 3.63) is 29.6 Å². The van der Waals surface area contributed by atoms with Gasteiger partial charge in [0.15, 0.2) is 0 Å². The van der Waals surface area contributed by atoms with Crippen molar-refractivity contribution >= 4 is 5.91 Å². The van der Waals surface area contributed by atoms with E-state index in [1.165, 1.54) is 14.2 Å². The molecule has 7 heteroatoms. The zero-order valence-corrected chi connectivity index (χ0v) is 8.58. The summed E-state index contributed by atoms with van der Waals surface area (Å²) in [6, 6.07) is 0.727. The summed E-state index contributed by atoms with van der Waals surface area (Å²) in [5, 5.41) is 0.817. The van der Waals surface area contributed by atoms with Crippen LogP contribution >= 0.6 is 0 Å². The van der Waals surface area contributed by atoms with Gasteiger partial charge in [-0.05, 0) is 6.07 Å². The van der Waals surface area contributed by atoms with Crippen molar-refractivity contribution in [1.29, 1.82) is 0 Å². The summed E-state index contributed by atoms with van der Waals surface area (Å²) in [4.78, 5) is 19.4. The van der Waals surface area contributed by atoms with Crippen LogP contribution in [0.2, 0.25) is 0 Å². The van der Waals surface area contributed by atoms with E-state index in [9.17, 15) is 18.0 Å². The first kappa shape index (κ1) is 12.4. The Hall–Kier alpha value is -1.63. The van der Waals surface area contributed by atoms with Crippen LogP contribution in [0.4, 0.5) is 13.2 Å². The average Bonchev–Trinajstić information content (AvgIpc) is 2.26. The van der Waals surface area contributed by atoms with Gasteiger partial charge in [0.1, 0.15) is 0 Å². The molecule has 0 aliphatic rings. The fraction of sp³-hybridized carbons (Fsp3) is 0.333. The number of alkyl halides is 3. The van der Waals surface area contributed by atoms with Gasteiger partial charge in [0.2, 0.25) is 0 Å². The van der Waals surface area contributed by atoms with Crippen LogP contribution < -0.4 is 0 Å². The van der Waals surface area contributed by atoms with Crippen molar-refractivity contribution in [3.8, 4) is 0 Å². The number of hydrogen-bond donors (Lipinski definition) is 0. The third kappa shape index (κ3) is 2.69. The molecule has 0 fully saturated rings. The molecule has 0 bridgehead atoms. The van der Waals surface area contributed by atoms with Crippen LogP contribution in [0.15, 0.2) is 18.5 Å². The summed E-state index contributed by atoms with van der Waals surface area (Å²) in [5.41, 5.74) is -1.15. The van der Waals surface area contributed by atoms with E-state index in [0.29, 0.717) is 6.20 Å². The predicted molar refractivity (Wildman–Crippen MR) is 48.3 cm³/mol. The lowest BCUT2D eigenvalue weighted by Gasteiger charge is -2.14. The molecule has 4 nitrogen and oxygen atoms in total. The van der Waals surface area contributed by atoms with Gasteiger partial charge in [0.05, 0.1) is 18.2 Å². The second kappa shape index (κ2) is 4.48. The Labute approximate surface area is 89.6 Å². The van der Waals surface area contributed by atoms with E-state index in [-0.39, 0.29) is 5.56 Å². The van der Waals surface area contributed by atoms with Gasteiger partial charge in [-0.2, -0.15) is 13.2 Å². The highest BCUT2D eigenvalue weighted by Crippen LogP contribution is 2.28. The molecule has 0 N–H and O–H groups in total. The lowest BCUT2D eigenvalue weighted by Crippen LogP contribution is -2.25. The molecular weight excluding hydrogens is 225 g/mol. The minimum Gasteiger partial charge on any atom is -0.274 e. The molecule has 0 aliphatic heterocycles. The summed E-state index contributed by atoms with van der Waals surface area (Å²) in [5.74, 6) is -0.693. The number of halogens is 3. The minimum absolute atomic E-state index is 0.181. The summed E-state index contributed by atoms with van der Waals surface area (Å²) in [6.45, 7) is 0. The third-order valence-electron chi connectivity index (χ3n) is 1.87. The maximum atomic E-state index is 12.3. The highest BCUT2D eigenvalue weighted by atomic mass is 19.4. The molecule has 0 saturated heterocycles. The van der Waals surface area contributed by atoms with Crippen LogP contribution in [0, 0.1) is 0 Å². The van der Waals surface area contributed by atoms with Gasteiger partial charge < -0.3 is 0 Å². The monoisotopic (exact) mass is 234 g/mol. The molecule has 0 aliphatic carbocycles. The van der Waals surface area contributed by atoms with Crippen molar-refractivity contribution in [2.75, 3.05) is 14.2 Å². The summed E-state index contributed by atoms with van der Waals surface area (Å²) >= 11 is 0. The molecule has 0 spiro atoms. The van der Waals surface area contributed by atoms with E-state index in [1.54, 1.807) is 0 Å². The second-order valence-electron chi connectivity index (χ2n) is 2.95. The zero-order valence-electron chi connectivity index (χ0n) is 8.58. The van der Waals surface area contributed by atoms with Crippen LogP contribution in [0.1, 0.15) is 15.9 Å². The Balaban J connectivity index is 3.04. The molecule has 0 atom stereocenters. The van der Waals surface area contributed by atoms with Gasteiger partial charge in [-0.15, -0.1) is 0 Å². The standard InChI is InChI=1S/C9H9F3N2O2/c1-14(16-2)8(15)6-3-7(5-13-4-6)9(10,11)12/h3-5H,1-2H3.